The van der Waals surface area contributed by atoms with Crippen LogP contribution in [-0.2, 0) is 55.8 Å². The van der Waals surface area contributed by atoms with Gasteiger partial charge in [-0.25, -0.2) is 9.13 Å². The van der Waals surface area contributed by atoms with E-state index in [1.807, 2.05) is 0 Å². The molecule has 0 radical (unpaired) electrons. The first-order chi connectivity index (χ1) is 43.2. The van der Waals surface area contributed by atoms with Crippen LogP contribution in [0.3, 0.4) is 0 Å². The highest BCUT2D eigenvalue weighted by molar-refractivity contribution is 7.47. The summed E-state index contributed by atoms with van der Waals surface area (Å²) in [5.74, 6) is -1.57. The molecule has 0 aliphatic carbocycles. The number of ether oxygens (including phenoxy) is 3. The third-order valence-electron chi connectivity index (χ3n) is 15.2. The molecule has 0 heterocycles. The number of carbonyl (C=O) groups excluding carboxylic acids is 3. The van der Waals surface area contributed by atoms with E-state index in [2.05, 4.69) is 81.5 Å². The molecule has 520 valence electrons. The lowest BCUT2D eigenvalue weighted by Crippen LogP contribution is -2.30. The lowest BCUT2D eigenvalue weighted by Gasteiger charge is -2.21. The topological polar surface area (TPSA) is 231 Å². The van der Waals surface area contributed by atoms with Gasteiger partial charge < -0.3 is 34.2 Å². The van der Waals surface area contributed by atoms with Crippen molar-refractivity contribution < 1.29 is 75.8 Å². The highest BCUT2D eigenvalue weighted by Crippen LogP contribution is 2.45. The van der Waals surface area contributed by atoms with Gasteiger partial charge in [0.25, 0.3) is 0 Å². The smallest absolute Gasteiger partial charge is 0.463 e. The molecule has 0 aromatic carbocycles. The van der Waals surface area contributed by atoms with Crippen molar-refractivity contribution in [1.29, 1.82) is 0 Å². The van der Waals surface area contributed by atoms with Crippen LogP contribution in [0.1, 0.15) is 316 Å². The average Bonchev–Trinajstić information content (AvgIpc) is 3.59. The second-order valence-corrected chi connectivity index (χ2v) is 26.9. The molecule has 0 aliphatic rings. The van der Waals surface area contributed by atoms with Crippen molar-refractivity contribution in [3.63, 3.8) is 0 Å². The summed E-state index contributed by atoms with van der Waals surface area (Å²) < 4.78 is 60.8. The lowest BCUT2D eigenvalue weighted by atomic mass is 10.0. The summed E-state index contributed by atoms with van der Waals surface area (Å²) >= 11 is 0. The maximum absolute atomic E-state index is 12.8. The van der Waals surface area contributed by atoms with Crippen LogP contribution in [-0.4, -0.2) is 95.9 Å². The van der Waals surface area contributed by atoms with Crippen LogP contribution in [0.5, 0.6) is 0 Å². The maximum atomic E-state index is 12.8. The molecule has 18 heteroatoms. The molecule has 0 aliphatic heterocycles. The van der Waals surface area contributed by atoms with Crippen LogP contribution in [0.15, 0.2) is 60.8 Å². The Balaban J connectivity index is 4.36. The van der Waals surface area contributed by atoms with Gasteiger partial charge in [0.1, 0.15) is 25.4 Å². The number of aliphatic hydroxyl groups is 2. The average molecular weight is 1300 g/mol. The van der Waals surface area contributed by atoms with E-state index in [0.29, 0.717) is 19.3 Å². The second kappa shape index (κ2) is 65.3. The summed E-state index contributed by atoms with van der Waals surface area (Å²) in [4.78, 5) is 58.2. The first-order valence-electron chi connectivity index (χ1n) is 35.6. The minimum Gasteiger partial charge on any atom is -0.463 e. The molecule has 0 saturated heterocycles. The predicted molar refractivity (Wildman–Crippen MR) is 362 cm³/mol. The summed E-state index contributed by atoms with van der Waals surface area (Å²) in [6.07, 6.45) is 67.3. The van der Waals surface area contributed by atoms with Crippen molar-refractivity contribution in [1.82, 2.24) is 0 Å². The van der Waals surface area contributed by atoms with Crippen LogP contribution in [0, 0.1) is 0 Å². The summed E-state index contributed by atoms with van der Waals surface area (Å²) in [7, 11) is -9.76. The number of allylic oxidation sites excluding steroid dienone is 10. The zero-order valence-corrected chi connectivity index (χ0v) is 58.1. The normalized spacial score (nSPS) is 14.6. The molecule has 0 aromatic heterocycles. The SMILES string of the molecule is CCCC/C=C\CCCCCCCC(=O)OC(COC(=O)CCCCCCCCCCCCCCC)COP(=O)(O)OCC(O)COP(=O)(O)OCC(O)COC(=O)CCCCCCCCCCCCCCC/C=C\C/C=C\C/C=C\C/C=C\CCCCC. The van der Waals surface area contributed by atoms with Crippen LogP contribution in [0.4, 0.5) is 0 Å². The molecule has 4 N–H and O–H groups in total. The van der Waals surface area contributed by atoms with Gasteiger partial charge >= 0.3 is 33.6 Å². The second-order valence-electron chi connectivity index (χ2n) is 24.0. The lowest BCUT2D eigenvalue weighted by molar-refractivity contribution is -0.161. The van der Waals surface area contributed by atoms with E-state index < -0.39 is 91.5 Å². The van der Waals surface area contributed by atoms with E-state index in [1.165, 1.54) is 154 Å². The minimum atomic E-state index is -4.91. The fourth-order valence-electron chi connectivity index (χ4n) is 9.71. The van der Waals surface area contributed by atoms with Crippen molar-refractivity contribution in [2.24, 2.45) is 0 Å². The standard InChI is InChI=1S/C71H130O16P2/c1-4-7-10-13-16-19-22-24-25-26-27-28-29-30-31-32-33-34-35-36-37-38-39-41-44-45-48-51-54-57-69(74)81-60-66(72)61-83-88(77,78)84-62-67(73)63-85-89(79,80)86-65-68(87-71(76)59-56-53-50-47-42-21-18-15-12-9-6-3)64-82-70(75)58-55-52-49-46-43-40-23-20-17-14-11-8-5-2/h15-16,18-19,24-25,27-28,30-31,66-68,72-73H,4-14,17,20-23,26,29,32-65H2,1-3H3,(H,77,78)(H,79,80)/b18-15-,19-16-,25-24-,28-27-,31-30-. The number of unbranched alkanes of at least 4 members (excludes halogenated alkanes) is 35. The Morgan fingerprint density at radius 1 is 0.315 bits per heavy atom. The molecule has 0 spiro atoms. The number of hydrogen-bond acceptors (Lipinski definition) is 14. The zero-order chi connectivity index (χ0) is 65.3. The molecule has 5 unspecified atom stereocenters. The number of esters is 3. The van der Waals surface area contributed by atoms with Gasteiger partial charge in [0, 0.05) is 19.3 Å². The van der Waals surface area contributed by atoms with Gasteiger partial charge in [0.15, 0.2) is 6.10 Å². The molecule has 0 fully saturated rings. The van der Waals surface area contributed by atoms with Crippen LogP contribution in [0.2, 0.25) is 0 Å². The molecule has 5 atom stereocenters. The summed E-state index contributed by atoms with van der Waals surface area (Å²) in [6, 6.07) is 0. The summed E-state index contributed by atoms with van der Waals surface area (Å²) in [5, 5.41) is 20.5. The number of carbonyl (C=O) groups is 3. The van der Waals surface area contributed by atoms with Crippen LogP contribution in [0.25, 0.3) is 0 Å². The maximum Gasteiger partial charge on any atom is 0.472 e. The fraction of sp³-hybridized carbons (Fsp3) is 0.817. The molecular formula is C71H130O16P2. The van der Waals surface area contributed by atoms with Gasteiger partial charge in [-0.2, -0.15) is 0 Å². The molecule has 0 saturated carbocycles. The molecule has 0 rings (SSSR count). The molecule has 0 aromatic rings. The van der Waals surface area contributed by atoms with Gasteiger partial charge in [0.05, 0.1) is 26.4 Å². The minimum absolute atomic E-state index is 0.0991. The van der Waals surface area contributed by atoms with E-state index in [9.17, 15) is 43.5 Å². The highest BCUT2D eigenvalue weighted by Gasteiger charge is 2.29. The molecule has 89 heavy (non-hydrogen) atoms. The van der Waals surface area contributed by atoms with E-state index >= 15 is 0 Å². The zero-order valence-electron chi connectivity index (χ0n) is 56.4. The van der Waals surface area contributed by atoms with Gasteiger partial charge in [0.2, 0.25) is 0 Å². The quantitative estimate of drug-likeness (QED) is 0.0146. The predicted octanol–water partition coefficient (Wildman–Crippen LogP) is 19.8. The Morgan fingerprint density at radius 3 is 0.955 bits per heavy atom. The van der Waals surface area contributed by atoms with Crippen molar-refractivity contribution >= 4 is 33.6 Å². The van der Waals surface area contributed by atoms with E-state index in [0.717, 1.165) is 103 Å². The van der Waals surface area contributed by atoms with Crippen molar-refractivity contribution in [2.45, 2.75) is 334 Å². The Hall–Kier alpha value is -2.75. The van der Waals surface area contributed by atoms with Crippen LogP contribution < -0.4 is 0 Å². The van der Waals surface area contributed by atoms with Gasteiger partial charge in [-0.1, -0.05) is 274 Å². The number of hydrogen-bond donors (Lipinski definition) is 4. The number of rotatable bonds is 68. The highest BCUT2D eigenvalue weighted by atomic mass is 31.2. The van der Waals surface area contributed by atoms with Gasteiger partial charge in [-0.3, -0.25) is 32.5 Å². The number of phosphoric ester groups is 2. The van der Waals surface area contributed by atoms with Gasteiger partial charge in [-0.15, -0.1) is 0 Å². The number of aliphatic hydroxyl groups excluding tert-OH is 2. The van der Waals surface area contributed by atoms with E-state index in [-0.39, 0.29) is 19.3 Å². The molecule has 0 bridgehead atoms. The Kier molecular flexibility index (Phi) is 63.3. The Morgan fingerprint density at radius 2 is 0.573 bits per heavy atom. The summed E-state index contributed by atoms with van der Waals surface area (Å²) in [5.41, 5.74) is 0. The molecule has 16 nitrogen and oxygen atoms in total. The van der Waals surface area contributed by atoms with Gasteiger partial charge in [-0.05, 0) is 83.5 Å². The molecule has 0 amide bonds. The largest absolute Gasteiger partial charge is 0.472 e. The van der Waals surface area contributed by atoms with E-state index in [4.69, 9.17) is 32.3 Å². The molecular weight excluding hydrogens is 1170 g/mol. The monoisotopic (exact) mass is 1300 g/mol. The third-order valence-corrected chi connectivity index (χ3v) is 17.1. The van der Waals surface area contributed by atoms with Crippen molar-refractivity contribution in [3.8, 4) is 0 Å². The summed E-state index contributed by atoms with van der Waals surface area (Å²) in [6.45, 7) is 2.62. The van der Waals surface area contributed by atoms with Crippen molar-refractivity contribution in [2.75, 3.05) is 39.6 Å². The Bertz CT molecular complexity index is 1870. The number of phosphoric acid groups is 2. The van der Waals surface area contributed by atoms with Crippen LogP contribution >= 0.6 is 15.6 Å². The van der Waals surface area contributed by atoms with Crippen molar-refractivity contribution in [3.05, 3.63) is 60.8 Å². The fourth-order valence-corrected chi connectivity index (χ4v) is 11.3. The first kappa shape index (κ1) is 86.2. The van der Waals surface area contributed by atoms with E-state index in [1.54, 1.807) is 0 Å². The Labute approximate surface area is 541 Å². The third kappa shape index (κ3) is 66.5. The first-order valence-corrected chi connectivity index (χ1v) is 38.6.